The van der Waals surface area contributed by atoms with E-state index in [2.05, 4.69) is 20.9 Å². The van der Waals surface area contributed by atoms with Gasteiger partial charge in [0.05, 0.1) is 5.69 Å². The minimum Gasteiger partial charge on any atom is -0.474 e. The largest absolute Gasteiger partial charge is 0.474 e. The van der Waals surface area contributed by atoms with Crippen LogP contribution in [0.25, 0.3) is 11.4 Å². The average Bonchev–Trinajstić information content (AvgIpc) is 3.28. The molecule has 154 valence electrons. The Morgan fingerprint density at radius 3 is 2.73 bits per heavy atom. The summed E-state index contributed by atoms with van der Waals surface area (Å²) >= 11 is 0. The van der Waals surface area contributed by atoms with Gasteiger partial charge in [0.2, 0.25) is 5.88 Å². The van der Waals surface area contributed by atoms with Crippen LogP contribution in [0.2, 0.25) is 0 Å². The fourth-order valence-corrected chi connectivity index (χ4v) is 4.34. The number of fused-ring (bicyclic) bond motifs is 1. The molecule has 0 amide bonds. The van der Waals surface area contributed by atoms with Crippen molar-refractivity contribution in [2.24, 2.45) is 0 Å². The quantitative estimate of drug-likeness (QED) is 0.651. The number of ether oxygens (including phenoxy) is 1. The Morgan fingerprint density at radius 1 is 1.07 bits per heavy atom. The van der Waals surface area contributed by atoms with Crippen molar-refractivity contribution in [3.63, 3.8) is 0 Å². The van der Waals surface area contributed by atoms with Crippen LogP contribution in [0.1, 0.15) is 42.5 Å². The Hall–Kier alpha value is -2.99. The van der Waals surface area contributed by atoms with Crippen molar-refractivity contribution < 1.29 is 4.74 Å². The summed E-state index contributed by atoms with van der Waals surface area (Å²) in [5, 5.41) is 0. The van der Waals surface area contributed by atoms with E-state index in [9.17, 15) is 0 Å². The molecule has 5 rings (SSSR count). The molecular formula is C24H27N5O. The zero-order valence-corrected chi connectivity index (χ0v) is 17.1. The lowest BCUT2D eigenvalue weighted by molar-refractivity contribution is 0.190. The summed E-state index contributed by atoms with van der Waals surface area (Å²) in [5.74, 6) is 1.56. The molecule has 0 saturated heterocycles. The highest BCUT2D eigenvalue weighted by Crippen LogP contribution is 2.27. The molecule has 1 saturated carbocycles. The third-order valence-corrected chi connectivity index (χ3v) is 6.01. The average molecular weight is 402 g/mol. The summed E-state index contributed by atoms with van der Waals surface area (Å²) in [5.41, 5.74) is 11.0. The predicted octanol–water partition coefficient (Wildman–Crippen LogP) is 4.00. The number of pyridine rings is 1. The number of aromatic nitrogens is 3. The normalized spacial score (nSPS) is 17.1. The van der Waals surface area contributed by atoms with Gasteiger partial charge in [0.15, 0.2) is 5.82 Å². The van der Waals surface area contributed by atoms with E-state index in [0.29, 0.717) is 6.10 Å². The first kappa shape index (κ1) is 19.0. The fourth-order valence-electron chi connectivity index (χ4n) is 4.34. The lowest BCUT2D eigenvalue weighted by atomic mass is 10.1. The van der Waals surface area contributed by atoms with E-state index < -0.39 is 0 Å². The number of hydrogen-bond donors (Lipinski definition) is 1. The number of benzene rings is 1. The maximum Gasteiger partial charge on any atom is 0.218 e. The van der Waals surface area contributed by atoms with Gasteiger partial charge in [-0.2, -0.15) is 0 Å². The first-order valence-electron chi connectivity index (χ1n) is 10.8. The van der Waals surface area contributed by atoms with Crippen LogP contribution in [0.3, 0.4) is 0 Å². The molecule has 2 N–H and O–H groups in total. The van der Waals surface area contributed by atoms with Crippen LogP contribution in [0, 0.1) is 0 Å². The van der Waals surface area contributed by atoms with E-state index in [1.54, 1.807) is 0 Å². The van der Waals surface area contributed by atoms with Crippen LogP contribution in [-0.2, 0) is 19.5 Å². The molecule has 1 aliphatic carbocycles. The maximum absolute atomic E-state index is 6.22. The van der Waals surface area contributed by atoms with Gasteiger partial charge in [-0.25, -0.2) is 15.0 Å². The zero-order chi connectivity index (χ0) is 20.3. The van der Waals surface area contributed by atoms with Crippen LogP contribution in [-0.4, -0.2) is 32.5 Å². The van der Waals surface area contributed by atoms with Gasteiger partial charge in [0.1, 0.15) is 6.10 Å². The van der Waals surface area contributed by atoms with Crippen LogP contribution in [0.5, 0.6) is 5.88 Å². The second kappa shape index (κ2) is 8.40. The van der Waals surface area contributed by atoms with Crippen LogP contribution < -0.4 is 10.5 Å². The molecule has 2 aromatic heterocycles. The van der Waals surface area contributed by atoms with Crippen molar-refractivity contribution in [3.05, 3.63) is 65.6 Å². The van der Waals surface area contributed by atoms with E-state index in [4.69, 9.17) is 15.5 Å². The third kappa shape index (κ3) is 4.14. The van der Waals surface area contributed by atoms with Gasteiger partial charge in [-0.15, -0.1) is 0 Å². The summed E-state index contributed by atoms with van der Waals surface area (Å²) in [7, 11) is 0. The van der Waals surface area contributed by atoms with Gasteiger partial charge in [0.25, 0.3) is 0 Å². The van der Waals surface area contributed by atoms with Crippen molar-refractivity contribution in [2.75, 3.05) is 12.3 Å². The van der Waals surface area contributed by atoms with Crippen molar-refractivity contribution in [2.45, 2.75) is 51.3 Å². The van der Waals surface area contributed by atoms with Gasteiger partial charge in [0, 0.05) is 60.8 Å². The van der Waals surface area contributed by atoms with Crippen molar-refractivity contribution in [1.29, 1.82) is 0 Å². The van der Waals surface area contributed by atoms with Crippen molar-refractivity contribution >= 4 is 5.69 Å². The predicted molar refractivity (Wildman–Crippen MR) is 117 cm³/mol. The molecule has 6 nitrogen and oxygen atoms in total. The lowest BCUT2D eigenvalue weighted by Crippen LogP contribution is -2.31. The summed E-state index contributed by atoms with van der Waals surface area (Å²) in [6, 6.07) is 11.9. The van der Waals surface area contributed by atoms with Gasteiger partial charge >= 0.3 is 0 Å². The molecule has 3 aromatic rings. The molecular weight excluding hydrogens is 374 g/mol. The van der Waals surface area contributed by atoms with Gasteiger partial charge in [-0.05, 0) is 56.0 Å². The number of anilines is 1. The number of nitrogens with two attached hydrogens (primary N) is 1. The molecule has 3 heterocycles. The molecule has 1 aromatic carbocycles. The van der Waals surface area contributed by atoms with E-state index in [1.165, 1.54) is 18.4 Å². The molecule has 1 aliphatic heterocycles. The Morgan fingerprint density at radius 2 is 1.90 bits per heavy atom. The first-order chi connectivity index (χ1) is 14.7. The Bertz CT molecular complexity index is 1010. The molecule has 6 heteroatoms. The fraction of sp³-hybridized carbons (Fsp3) is 0.375. The van der Waals surface area contributed by atoms with E-state index in [-0.39, 0.29) is 0 Å². The first-order valence-corrected chi connectivity index (χ1v) is 10.8. The number of nitrogen functional groups attached to an aromatic ring is 1. The highest BCUT2D eigenvalue weighted by molar-refractivity contribution is 5.58. The van der Waals surface area contributed by atoms with E-state index in [1.807, 2.05) is 42.7 Å². The zero-order valence-electron chi connectivity index (χ0n) is 17.1. The Balaban J connectivity index is 1.29. The van der Waals surface area contributed by atoms with Gasteiger partial charge in [-0.1, -0.05) is 6.07 Å². The standard InChI is InChI=1S/C24H27N5O/c25-20-9-7-17(8-10-20)23-27-14-19-16-29(13-11-22(19)28-23)15-18-4-3-12-26-24(18)30-21-5-1-2-6-21/h3-4,7-10,12,14,21H,1-2,5-6,11,13,15-16,25H2. The third-order valence-electron chi connectivity index (χ3n) is 6.01. The highest BCUT2D eigenvalue weighted by atomic mass is 16.5. The Labute approximate surface area is 177 Å². The van der Waals surface area contributed by atoms with Crippen LogP contribution in [0.4, 0.5) is 5.69 Å². The Kier molecular flexibility index (Phi) is 5.32. The summed E-state index contributed by atoms with van der Waals surface area (Å²) < 4.78 is 6.22. The minimum absolute atomic E-state index is 0.320. The second-order valence-electron chi connectivity index (χ2n) is 8.24. The molecule has 2 aliphatic rings. The maximum atomic E-state index is 6.22. The van der Waals surface area contributed by atoms with Gasteiger partial charge in [-0.3, -0.25) is 4.90 Å². The van der Waals surface area contributed by atoms with E-state index in [0.717, 1.165) is 73.1 Å². The molecule has 0 bridgehead atoms. The molecule has 0 spiro atoms. The number of hydrogen-bond acceptors (Lipinski definition) is 6. The summed E-state index contributed by atoms with van der Waals surface area (Å²) in [4.78, 5) is 16.4. The van der Waals surface area contributed by atoms with Crippen molar-refractivity contribution in [1.82, 2.24) is 19.9 Å². The van der Waals surface area contributed by atoms with Gasteiger partial charge < -0.3 is 10.5 Å². The number of nitrogens with zero attached hydrogens (tertiary/aromatic N) is 4. The topological polar surface area (TPSA) is 77.2 Å². The molecule has 0 unspecified atom stereocenters. The summed E-state index contributed by atoms with van der Waals surface area (Å²) in [6.45, 7) is 2.63. The SMILES string of the molecule is Nc1ccc(-c2ncc3c(n2)CCN(Cc2cccnc2OC2CCCC2)C3)cc1. The van der Waals surface area contributed by atoms with Crippen molar-refractivity contribution in [3.8, 4) is 17.3 Å². The highest BCUT2D eigenvalue weighted by Gasteiger charge is 2.22. The molecule has 30 heavy (non-hydrogen) atoms. The van der Waals surface area contributed by atoms with Crippen LogP contribution in [0.15, 0.2) is 48.8 Å². The monoisotopic (exact) mass is 401 g/mol. The minimum atomic E-state index is 0.320. The summed E-state index contributed by atoms with van der Waals surface area (Å²) in [6.07, 6.45) is 9.83. The molecule has 1 fully saturated rings. The van der Waals surface area contributed by atoms with Crippen LogP contribution >= 0.6 is 0 Å². The molecule has 0 radical (unpaired) electrons. The number of rotatable bonds is 5. The lowest BCUT2D eigenvalue weighted by Gasteiger charge is -2.28. The second-order valence-corrected chi connectivity index (χ2v) is 8.24. The molecule has 0 atom stereocenters. The smallest absolute Gasteiger partial charge is 0.218 e. The van der Waals surface area contributed by atoms with E-state index >= 15 is 0 Å².